The Balaban J connectivity index is 1.94. The molecule has 2 aromatic carbocycles. The minimum Gasteiger partial charge on any atom is -0.493 e. The zero-order valence-electron chi connectivity index (χ0n) is 20.3. The van der Waals surface area contributed by atoms with E-state index in [4.69, 9.17) is 14.2 Å². The van der Waals surface area contributed by atoms with Gasteiger partial charge in [-0.3, -0.25) is 0 Å². The molecule has 36 heavy (non-hydrogen) atoms. The van der Waals surface area contributed by atoms with Crippen molar-refractivity contribution in [2.24, 2.45) is 0 Å². The summed E-state index contributed by atoms with van der Waals surface area (Å²) in [7, 11) is 6.16. The van der Waals surface area contributed by atoms with E-state index < -0.39 is 28.5 Å². The van der Waals surface area contributed by atoms with E-state index in [0.717, 1.165) is 0 Å². The quantitative estimate of drug-likeness (QED) is 0.401. The maximum Gasteiger partial charge on any atom is 0.421 e. The van der Waals surface area contributed by atoms with Crippen molar-refractivity contribution in [2.45, 2.75) is 17.6 Å². The van der Waals surface area contributed by atoms with Gasteiger partial charge in [-0.2, -0.15) is 18.2 Å². The molecule has 0 bridgehead atoms. The van der Waals surface area contributed by atoms with Crippen LogP contribution >= 0.6 is 0 Å². The fourth-order valence-electron chi connectivity index (χ4n) is 3.26. The van der Waals surface area contributed by atoms with E-state index in [1.54, 1.807) is 50.5 Å². The molecule has 3 rings (SSSR count). The summed E-state index contributed by atoms with van der Waals surface area (Å²) in [5.41, 5.74) is -0.0681. The molecule has 0 aliphatic rings. The summed E-state index contributed by atoms with van der Waals surface area (Å²) < 4.78 is 71.0. The van der Waals surface area contributed by atoms with Crippen LogP contribution in [0.3, 0.4) is 0 Å². The molecule has 2 N–H and O–H groups in total. The van der Waals surface area contributed by atoms with Gasteiger partial charge >= 0.3 is 6.18 Å². The molecule has 3 aromatic rings. The SMILES string of the molecule is COc1cc(Nc2ncc(C(F)(F)F)c(NCc3ccccc3S(=O)N(C)C)n2)cc(OC)c1OC. The molecule has 0 saturated carbocycles. The number of rotatable bonds is 10. The standard InChI is InChI=1S/C23H26F3N5O4S/c1-31(2)36(32)19-9-7-6-8-14(19)12-27-21-16(23(24,25)26)13-28-22(30-21)29-15-10-17(33-3)20(35-5)18(11-15)34-4/h6-11,13H,12H2,1-5H3,(H2,27,28,29,30). The van der Waals surface area contributed by atoms with Crippen molar-refractivity contribution in [2.75, 3.05) is 46.1 Å². The third kappa shape index (κ3) is 6.15. The molecule has 1 aromatic heterocycles. The Bertz CT molecular complexity index is 1220. The molecule has 0 saturated heterocycles. The fourth-order valence-corrected chi connectivity index (χ4v) is 4.22. The number of aromatic nitrogens is 2. The molecule has 0 fully saturated rings. The number of alkyl halides is 3. The van der Waals surface area contributed by atoms with Gasteiger partial charge in [0.1, 0.15) is 22.4 Å². The number of ether oxygens (including phenoxy) is 3. The van der Waals surface area contributed by atoms with E-state index in [0.29, 0.717) is 39.6 Å². The first-order valence-electron chi connectivity index (χ1n) is 10.5. The van der Waals surface area contributed by atoms with Crippen molar-refractivity contribution >= 4 is 28.4 Å². The normalized spacial score (nSPS) is 12.2. The van der Waals surface area contributed by atoms with Crippen LogP contribution in [0.2, 0.25) is 0 Å². The highest BCUT2D eigenvalue weighted by Crippen LogP contribution is 2.41. The van der Waals surface area contributed by atoms with Gasteiger partial charge in [0.2, 0.25) is 11.7 Å². The largest absolute Gasteiger partial charge is 0.493 e. The molecule has 9 nitrogen and oxygen atoms in total. The molecular formula is C23H26F3N5O4S. The smallest absolute Gasteiger partial charge is 0.421 e. The minimum atomic E-state index is -4.70. The Hall–Kier alpha value is -3.58. The van der Waals surface area contributed by atoms with Crippen LogP contribution in [0.1, 0.15) is 11.1 Å². The number of anilines is 3. The Morgan fingerprint density at radius 3 is 2.22 bits per heavy atom. The monoisotopic (exact) mass is 525 g/mol. The summed E-state index contributed by atoms with van der Waals surface area (Å²) in [6.07, 6.45) is -4.00. The number of nitrogens with one attached hydrogen (secondary N) is 2. The highest BCUT2D eigenvalue weighted by molar-refractivity contribution is 7.82. The van der Waals surface area contributed by atoms with E-state index in [1.807, 2.05) is 0 Å². The van der Waals surface area contributed by atoms with Crippen LogP contribution in [-0.2, 0) is 23.7 Å². The number of benzene rings is 2. The summed E-state index contributed by atoms with van der Waals surface area (Å²) in [6, 6.07) is 9.92. The lowest BCUT2D eigenvalue weighted by Crippen LogP contribution is -2.18. The highest BCUT2D eigenvalue weighted by Gasteiger charge is 2.35. The van der Waals surface area contributed by atoms with Crippen molar-refractivity contribution < 1.29 is 31.6 Å². The number of hydrogen-bond donors (Lipinski definition) is 2. The molecule has 194 valence electrons. The van der Waals surface area contributed by atoms with Gasteiger partial charge in [0.25, 0.3) is 0 Å². The molecule has 0 spiro atoms. The summed E-state index contributed by atoms with van der Waals surface area (Å²) in [6.45, 7) is -0.0422. The number of methoxy groups -OCH3 is 3. The average Bonchev–Trinajstić information content (AvgIpc) is 2.85. The Kier molecular flexibility index (Phi) is 8.58. The molecular weight excluding hydrogens is 499 g/mol. The van der Waals surface area contributed by atoms with Crippen LogP contribution in [0.4, 0.5) is 30.6 Å². The zero-order valence-corrected chi connectivity index (χ0v) is 21.1. The van der Waals surface area contributed by atoms with Gasteiger partial charge in [0, 0.05) is 30.6 Å². The lowest BCUT2D eigenvalue weighted by Gasteiger charge is -2.18. The van der Waals surface area contributed by atoms with Crippen LogP contribution < -0.4 is 24.8 Å². The van der Waals surface area contributed by atoms with Crippen LogP contribution in [0.5, 0.6) is 17.2 Å². The van der Waals surface area contributed by atoms with E-state index in [1.165, 1.54) is 25.6 Å². The van der Waals surface area contributed by atoms with Gasteiger partial charge < -0.3 is 24.8 Å². The van der Waals surface area contributed by atoms with Crippen molar-refractivity contribution in [1.82, 2.24) is 14.3 Å². The number of hydrogen-bond acceptors (Lipinski definition) is 8. The van der Waals surface area contributed by atoms with Crippen LogP contribution in [0.15, 0.2) is 47.5 Å². The van der Waals surface area contributed by atoms with Gasteiger partial charge in [0.05, 0.1) is 26.2 Å². The predicted molar refractivity (Wildman–Crippen MR) is 130 cm³/mol. The second-order valence-electron chi connectivity index (χ2n) is 7.52. The minimum absolute atomic E-state index is 0.0422. The van der Waals surface area contributed by atoms with Gasteiger partial charge in [-0.05, 0) is 25.7 Å². The summed E-state index contributed by atoms with van der Waals surface area (Å²) in [4.78, 5) is 8.37. The van der Waals surface area contributed by atoms with E-state index in [-0.39, 0.29) is 12.5 Å². The molecule has 0 radical (unpaired) electrons. The second-order valence-corrected chi connectivity index (χ2v) is 9.18. The first-order valence-corrected chi connectivity index (χ1v) is 11.6. The zero-order chi connectivity index (χ0) is 26.5. The predicted octanol–water partition coefficient (Wildman–Crippen LogP) is 4.46. The summed E-state index contributed by atoms with van der Waals surface area (Å²) >= 11 is 0. The second kappa shape index (κ2) is 11.4. The maximum absolute atomic E-state index is 13.7. The number of nitrogens with zero attached hydrogens (tertiary/aromatic N) is 3. The Morgan fingerprint density at radius 1 is 1.03 bits per heavy atom. The van der Waals surface area contributed by atoms with Crippen molar-refractivity contribution in [3.05, 3.63) is 53.7 Å². The molecule has 1 unspecified atom stereocenters. The van der Waals surface area contributed by atoms with Gasteiger partial charge in [0.15, 0.2) is 11.5 Å². The topological polar surface area (TPSA) is 97.8 Å². The third-order valence-electron chi connectivity index (χ3n) is 4.95. The van der Waals surface area contributed by atoms with Crippen molar-refractivity contribution in [3.8, 4) is 17.2 Å². The molecule has 0 aliphatic heterocycles. The molecule has 0 amide bonds. The maximum atomic E-state index is 13.7. The third-order valence-corrected chi connectivity index (χ3v) is 6.39. The van der Waals surface area contributed by atoms with Crippen molar-refractivity contribution in [1.29, 1.82) is 0 Å². The lowest BCUT2D eigenvalue weighted by atomic mass is 10.2. The van der Waals surface area contributed by atoms with E-state index in [9.17, 15) is 17.4 Å². The van der Waals surface area contributed by atoms with Crippen LogP contribution in [-0.4, -0.2) is 53.9 Å². The van der Waals surface area contributed by atoms with Gasteiger partial charge in [-0.15, -0.1) is 0 Å². The first-order chi connectivity index (χ1) is 17.1. The summed E-state index contributed by atoms with van der Waals surface area (Å²) in [5, 5.41) is 5.59. The molecule has 13 heteroatoms. The van der Waals surface area contributed by atoms with Gasteiger partial charge in [-0.1, -0.05) is 18.2 Å². The Morgan fingerprint density at radius 2 is 1.67 bits per heavy atom. The molecule has 1 atom stereocenters. The highest BCUT2D eigenvalue weighted by atomic mass is 32.2. The fraction of sp³-hybridized carbons (Fsp3) is 0.304. The van der Waals surface area contributed by atoms with Crippen LogP contribution in [0.25, 0.3) is 0 Å². The average molecular weight is 526 g/mol. The molecule has 1 heterocycles. The Labute approximate surface area is 209 Å². The van der Waals surface area contributed by atoms with E-state index in [2.05, 4.69) is 20.6 Å². The van der Waals surface area contributed by atoms with E-state index >= 15 is 0 Å². The summed E-state index contributed by atoms with van der Waals surface area (Å²) in [5.74, 6) is 0.517. The number of halogens is 3. The first kappa shape index (κ1) is 27.0. The van der Waals surface area contributed by atoms with Crippen molar-refractivity contribution in [3.63, 3.8) is 0 Å². The lowest BCUT2D eigenvalue weighted by molar-refractivity contribution is -0.137. The molecule has 0 aliphatic carbocycles. The van der Waals surface area contributed by atoms with Gasteiger partial charge in [-0.25, -0.2) is 13.5 Å². The van der Waals surface area contributed by atoms with Crippen LogP contribution in [0, 0.1) is 0 Å².